The summed E-state index contributed by atoms with van der Waals surface area (Å²) in [6, 6.07) is 9.68. The van der Waals surface area contributed by atoms with Crippen LogP contribution >= 0.6 is 24.0 Å². The maximum absolute atomic E-state index is 12.0. The highest BCUT2D eigenvalue weighted by Gasteiger charge is 2.29. The average Bonchev–Trinajstić information content (AvgIpc) is 2.93. The number of nitrogens with zero attached hydrogens (tertiary/aromatic N) is 2. The number of anilines is 1. The zero-order chi connectivity index (χ0) is 16.9. The summed E-state index contributed by atoms with van der Waals surface area (Å²) >= 11 is 0. The first-order valence-corrected chi connectivity index (χ1v) is 7.93. The number of ether oxygens (including phenoxy) is 1. The van der Waals surface area contributed by atoms with Gasteiger partial charge in [-0.25, -0.2) is 4.79 Å². The fourth-order valence-corrected chi connectivity index (χ4v) is 2.41. The van der Waals surface area contributed by atoms with Crippen molar-refractivity contribution in [3.63, 3.8) is 0 Å². The van der Waals surface area contributed by atoms with Crippen LogP contribution in [0.25, 0.3) is 0 Å². The van der Waals surface area contributed by atoms with Crippen molar-refractivity contribution in [2.45, 2.75) is 32.8 Å². The normalized spacial score (nSPS) is 18.0. The fourth-order valence-electron chi connectivity index (χ4n) is 2.41. The van der Waals surface area contributed by atoms with E-state index >= 15 is 0 Å². The Balaban J connectivity index is 0.00000288. The quantitative estimate of drug-likeness (QED) is 0.424. The van der Waals surface area contributed by atoms with E-state index in [9.17, 15) is 4.79 Å². The number of rotatable bonds is 3. The molecule has 1 atom stereocenters. The molecule has 0 radical (unpaired) electrons. The van der Waals surface area contributed by atoms with Gasteiger partial charge in [-0.15, -0.1) is 24.0 Å². The van der Waals surface area contributed by atoms with Crippen LogP contribution in [0.2, 0.25) is 0 Å². The molecule has 0 spiro atoms. The van der Waals surface area contributed by atoms with Crippen molar-refractivity contribution in [2.75, 3.05) is 25.0 Å². The second-order valence-corrected chi connectivity index (χ2v) is 6.80. The van der Waals surface area contributed by atoms with Gasteiger partial charge in [0, 0.05) is 25.3 Å². The molecule has 1 aliphatic heterocycles. The van der Waals surface area contributed by atoms with Crippen LogP contribution in [0.1, 0.15) is 27.2 Å². The number of amides is 1. The lowest BCUT2D eigenvalue weighted by Gasteiger charge is -2.24. The molecule has 0 aromatic heterocycles. The van der Waals surface area contributed by atoms with Crippen molar-refractivity contribution in [3.8, 4) is 0 Å². The number of guanidine groups is 1. The number of hydrogen-bond donors (Lipinski definition) is 2. The van der Waals surface area contributed by atoms with Gasteiger partial charge in [-0.05, 0) is 45.2 Å². The number of hydrogen-bond acceptors (Lipinski definition) is 3. The molecule has 0 bridgehead atoms. The van der Waals surface area contributed by atoms with Gasteiger partial charge in [0.15, 0.2) is 5.96 Å². The Bertz CT molecular complexity index is 557. The van der Waals surface area contributed by atoms with E-state index in [0.29, 0.717) is 31.5 Å². The summed E-state index contributed by atoms with van der Waals surface area (Å²) in [5.41, 5.74) is 6.35. The Morgan fingerprint density at radius 2 is 2.04 bits per heavy atom. The summed E-state index contributed by atoms with van der Waals surface area (Å²) < 4.78 is 5.39. The highest BCUT2D eigenvalue weighted by molar-refractivity contribution is 14.0. The predicted molar refractivity (Wildman–Crippen MR) is 108 cm³/mol. The Hall–Kier alpha value is -1.51. The Kier molecular flexibility index (Phi) is 7.78. The number of nitrogens with two attached hydrogens (primary N) is 1. The van der Waals surface area contributed by atoms with Gasteiger partial charge < -0.3 is 20.7 Å². The lowest BCUT2D eigenvalue weighted by molar-refractivity contribution is 0.0289. The van der Waals surface area contributed by atoms with Crippen LogP contribution < -0.4 is 11.1 Å². The fraction of sp³-hybridized carbons (Fsp3) is 0.529. The van der Waals surface area contributed by atoms with Crippen LogP contribution in [0, 0.1) is 5.92 Å². The maximum Gasteiger partial charge on any atom is 0.410 e. The number of carbonyl (C=O) groups is 1. The van der Waals surface area contributed by atoms with Gasteiger partial charge in [0.05, 0.1) is 0 Å². The molecule has 1 amide bonds. The number of halogens is 1. The number of aliphatic imine (C=N–C) groups is 1. The van der Waals surface area contributed by atoms with E-state index < -0.39 is 5.60 Å². The van der Waals surface area contributed by atoms with Gasteiger partial charge in [-0.1, -0.05) is 18.2 Å². The predicted octanol–water partition coefficient (Wildman–Crippen LogP) is 3.29. The molecule has 0 aliphatic carbocycles. The molecular weight excluding hydrogens is 419 g/mol. The summed E-state index contributed by atoms with van der Waals surface area (Å²) in [5.74, 6) is 0.713. The highest BCUT2D eigenvalue weighted by atomic mass is 127. The van der Waals surface area contributed by atoms with Gasteiger partial charge in [0.2, 0.25) is 0 Å². The summed E-state index contributed by atoms with van der Waals surface area (Å²) in [4.78, 5) is 18.1. The molecule has 1 aliphatic rings. The third-order valence-corrected chi connectivity index (χ3v) is 3.50. The first-order valence-electron chi connectivity index (χ1n) is 7.93. The molecule has 1 aromatic carbocycles. The molecule has 1 fully saturated rings. The van der Waals surface area contributed by atoms with Crippen LogP contribution in [0.3, 0.4) is 0 Å². The van der Waals surface area contributed by atoms with Crippen molar-refractivity contribution in [2.24, 2.45) is 16.6 Å². The third kappa shape index (κ3) is 6.94. The zero-order valence-corrected chi connectivity index (χ0v) is 16.8. The summed E-state index contributed by atoms with van der Waals surface area (Å²) in [6.45, 7) is 7.60. The van der Waals surface area contributed by atoms with Crippen LogP contribution in [0.4, 0.5) is 10.5 Å². The monoisotopic (exact) mass is 446 g/mol. The van der Waals surface area contributed by atoms with Crippen molar-refractivity contribution in [3.05, 3.63) is 30.3 Å². The molecular formula is C17H27IN4O2. The van der Waals surface area contributed by atoms with E-state index in [1.54, 1.807) is 4.90 Å². The summed E-state index contributed by atoms with van der Waals surface area (Å²) in [7, 11) is 0. The van der Waals surface area contributed by atoms with Gasteiger partial charge in [-0.2, -0.15) is 0 Å². The number of benzene rings is 1. The van der Waals surface area contributed by atoms with Gasteiger partial charge in [0.1, 0.15) is 5.60 Å². The third-order valence-electron chi connectivity index (χ3n) is 3.50. The molecule has 1 aromatic rings. The second-order valence-electron chi connectivity index (χ2n) is 6.80. The average molecular weight is 446 g/mol. The molecule has 0 saturated carbocycles. The lowest BCUT2D eigenvalue weighted by Crippen LogP contribution is -2.35. The van der Waals surface area contributed by atoms with Gasteiger partial charge in [0.25, 0.3) is 0 Å². The first-order chi connectivity index (χ1) is 10.8. The molecule has 24 heavy (non-hydrogen) atoms. The molecule has 134 valence electrons. The Labute approximate surface area is 160 Å². The Morgan fingerprint density at radius 3 is 2.67 bits per heavy atom. The van der Waals surface area contributed by atoms with Crippen molar-refractivity contribution in [1.82, 2.24) is 4.90 Å². The van der Waals surface area contributed by atoms with Crippen LogP contribution in [-0.2, 0) is 4.74 Å². The minimum absolute atomic E-state index is 0. The molecule has 7 heteroatoms. The SMILES string of the molecule is CC(C)(C)OC(=O)N1CCC(CN=C(N)Nc2ccccc2)C1.I. The minimum Gasteiger partial charge on any atom is -0.444 e. The minimum atomic E-state index is -0.461. The number of para-hydroxylation sites is 1. The van der Waals surface area contributed by atoms with Crippen molar-refractivity contribution >= 4 is 41.7 Å². The van der Waals surface area contributed by atoms with E-state index in [1.807, 2.05) is 51.1 Å². The molecule has 3 N–H and O–H groups in total. The molecule has 6 nitrogen and oxygen atoms in total. The van der Waals surface area contributed by atoms with Gasteiger partial charge >= 0.3 is 6.09 Å². The molecule has 1 heterocycles. The molecule has 1 saturated heterocycles. The van der Waals surface area contributed by atoms with E-state index in [2.05, 4.69) is 10.3 Å². The highest BCUT2D eigenvalue weighted by Crippen LogP contribution is 2.19. The Morgan fingerprint density at radius 1 is 1.38 bits per heavy atom. The summed E-state index contributed by atoms with van der Waals surface area (Å²) in [6.07, 6.45) is 0.667. The number of likely N-dealkylation sites (tertiary alicyclic amines) is 1. The van der Waals surface area contributed by atoms with Crippen molar-refractivity contribution < 1.29 is 9.53 Å². The van der Waals surface area contributed by atoms with E-state index in [0.717, 1.165) is 12.1 Å². The topological polar surface area (TPSA) is 80.0 Å². The lowest BCUT2D eigenvalue weighted by atomic mass is 10.1. The van der Waals surface area contributed by atoms with E-state index in [4.69, 9.17) is 10.5 Å². The zero-order valence-electron chi connectivity index (χ0n) is 14.5. The largest absolute Gasteiger partial charge is 0.444 e. The van der Waals surface area contributed by atoms with E-state index in [1.165, 1.54) is 0 Å². The maximum atomic E-state index is 12.0. The van der Waals surface area contributed by atoms with Crippen LogP contribution in [-0.4, -0.2) is 42.2 Å². The van der Waals surface area contributed by atoms with E-state index in [-0.39, 0.29) is 30.1 Å². The second kappa shape index (κ2) is 9.10. The van der Waals surface area contributed by atoms with Gasteiger partial charge in [-0.3, -0.25) is 4.99 Å². The number of carbonyl (C=O) groups excluding carboxylic acids is 1. The first kappa shape index (κ1) is 20.5. The smallest absolute Gasteiger partial charge is 0.410 e. The molecule has 1 unspecified atom stereocenters. The number of nitrogens with one attached hydrogen (secondary N) is 1. The molecule has 2 rings (SSSR count). The van der Waals surface area contributed by atoms with Crippen LogP contribution in [0.15, 0.2) is 35.3 Å². The van der Waals surface area contributed by atoms with Crippen LogP contribution in [0.5, 0.6) is 0 Å². The van der Waals surface area contributed by atoms with Crippen molar-refractivity contribution in [1.29, 1.82) is 0 Å². The summed E-state index contributed by atoms with van der Waals surface area (Å²) in [5, 5.41) is 3.05. The standard InChI is InChI=1S/C17H26N4O2.HI/c1-17(2,3)23-16(22)21-10-9-13(12-21)11-19-15(18)20-14-7-5-4-6-8-14;/h4-8,13H,9-12H2,1-3H3,(H3,18,19,20);1H.